The molecule has 0 aromatic heterocycles. The Morgan fingerprint density at radius 3 is 2.88 bits per heavy atom. The predicted molar refractivity (Wildman–Crippen MR) is 75.2 cm³/mol. The van der Waals surface area contributed by atoms with Gasteiger partial charge in [-0.1, -0.05) is 23.2 Å². The van der Waals surface area contributed by atoms with E-state index in [1.165, 1.54) is 0 Å². The van der Waals surface area contributed by atoms with Gasteiger partial charge in [0.1, 0.15) is 0 Å². The number of rotatable bonds is 1. The Bertz CT molecular complexity index is 386. The molecule has 1 aromatic carbocycles. The third-order valence-corrected chi connectivity index (χ3v) is 3.58. The lowest BCUT2D eigenvalue weighted by Crippen LogP contribution is -2.38. The summed E-state index contributed by atoms with van der Waals surface area (Å²) in [6.45, 7) is 5.10. The monoisotopic (exact) mass is 273 g/mol. The lowest BCUT2D eigenvalue weighted by atomic mass is 10.2. The van der Waals surface area contributed by atoms with E-state index in [2.05, 4.69) is 17.1 Å². The minimum Gasteiger partial charge on any atom is -0.397 e. The molecule has 1 fully saturated rings. The van der Waals surface area contributed by atoms with E-state index in [1.807, 2.05) is 0 Å². The normalized spacial score (nSPS) is 21.4. The molecule has 0 bridgehead atoms. The lowest BCUT2D eigenvalue weighted by molar-refractivity contribution is 0.630. The molecule has 1 aromatic rings. The molecule has 2 rings (SSSR count). The van der Waals surface area contributed by atoms with Crippen LogP contribution in [0.1, 0.15) is 13.3 Å². The second-order valence-corrected chi connectivity index (χ2v) is 5.27. The van der Waals surface area contributed by atoms with Crippen LogP contribution in [0, 0.1) is 0 Å². The van der Waals surface area contributed by atoms with Gasteiger partial charge in [0.05, 0.1) is 16.4 Å². The van der Waals surface area contributed by atoms with Gasteiger partial charge in [0.2, 0.25) is 0 Å². The molecule has 0 amide bonds. The molecule has 1 atom stereocenters. The van der Waals surface area contributed by atoms with E-state index in [0.29, 0.717) is 21.8 Å². The SMILES string of the molecule is CC1CNCCCN1c1c(N)cc(Cl)cc1Cl. The standard InChI is InChI=1S/C12H17Cl2N3/c1-8-7-16-3-2-4-17(8)12-10(14)5-9(13)6-11(12)15/h5-6,8,16H,2-4,7,15H2,1H3. The van der Waals surface area contributed by atoms with Gasteiger partial charge in [-0.05, 0) is 32.0 Å². The van der Waals surface area contributed by atoms with Crippen LogP contribution < -0.4 is 16.0 Å². The summed E-state index contributed by atoms with van der Waals surface area (Å²) >= 11 is 12.2. The van der Waals surface area contributed by atoms with Crippen LogP contribution in [0.2, 0.25) is 10.0 Å². The summed E-state index contributed by atoms with van der Waals surface area (Å²) in [6, 6.07) is 3.88. The summed E-state index contributed by atoms with van der Waals surface area (Å²) in [5.74, 6) is 0. The van der Waals surface area contributed by atoms with Gasteiger partial charge in [0.25, 0.3) is 0 Å². The van der Waals surface area contributed by atoms with Crippen molar-refractivity contribution < 1.29 is 0 Å². The molecule has 1 saturated heterocycles. The van der Waals surface area contributed by atoms with Gasteiger partial charge >= 0.3 is 0 Å². The van der Waals surface area contributed by atoms with Gasteiger partial charge in [0.15, 0.2) is 0 Å². The van der Waals surface area contributed by atoms with E-state index in [4.69, 9.17) is 28.9 Å². The topological polar surface area (TPSA) is 41.3 Å². The van der Waals surface area contributed by atoms with E-state index in [9.17, 15) is 0 Å². The number of benzene rings is 1. The van der Waals surface area contributed by atoms with Crippen LogP contribution in [0.5, 0.6) is 0 Å². The Labute approximate surface area is 112 Å². The zero-order chi connectivity index (χ0) is 12.4. The largest absolute Gasteiger partial charge is 0.397 e. The third-order valence-electron chi connectivity index (χ3n) is 3.07. The predicted octanol–water partition coefficient (Wildman–Crippen LogP) is 2.76. The molecule has 1 heterocycles. The molecule has 0 saturated carbocycles. The maximum atomic E-state index is 6.26. The van der Waals surface area contributed by atoms with Crippen molar-refractivity contribution in [2.24, 2.45) is 0 Å². The Morgan fingerprint density at radius 2 is 2.18 bits per heavy atom. The maximum Gasteiger partial charge on any atom is 0.0793 e. The average molecular weight is 274 g/mol. The summed E-state index contributed by atoms with van der Waals surface area (Å²) < 4.78 is 0. The van der Waals surface area contributed by atoms with Gasteiger partial charge < -0.3 is 16.0 Å². The first-order valence-corrected chi connectivity index (χ1v) is 6.57. The molecule has 3 nitrogen and oxygen atoms in total. The number of hydrogen-bond donors (Lipinski definition) is 2. The van der Waals surface area contributed by atoms with Crippen molar-refractivity contribution in [1.29, 1.82) is 0 Å². The van der Waals surface area contributed by atoms with E-state index in [0.717, 1.165) is 31.7 Å². The van der Waals surface area contributed by atoms with Crippen LogP contribution >= 0.6 is 23.2 Å². The highest BCUT2D eigenvalue weighted by atomic mass is 35.5. The minimum absolute atomic E-state index is 0.374. The molecule has 1 aliphatic heterocycles. The van der Waals surface area contributed by atoms with E-state index in [1.54, 1.807) is 12.1 Å². The zero-order valence-electron chi connectivity index (χ0n) is 9.84. The Balaban J connectivity index is 2.37. The molecule has 17 heavy (non-hydrogen) atoms. The van der Waals surface area contributed by atoms with Crippen molar-refractivity contribution in [1.82, 2.24) is 5.32 Å². The molecular formula is C12H17Cl2N3. The molecule has 1 aliphatic rings. The van der Waals surface area contributed by atoms with E-state index in [-0.39, 0.29) is 0 Å². The van der Waals surface area contributed by atoms with Gasteiger partial charge in [-0.25, -0.2) is 0 Å². The first-order chi connectivity index (χ1) is 8.09. The highest BCUT2D eigenvalue weighted by Crippen LogP contribution is 2.36. The number of halogens is 2. The molecule has 0 aliphatic carbocycles. The quantitative estimate of drug-likeness (QED) is 0.774. The van der Waals surface area contributed by atoms with Gasteiger partial charge in [0, 0.05) is 24.2 Å². The number of nitrogen functional groups attached to an aromatic ring is 1. The van der Waals surface area contributed by atoms with Crippen LogP contribution in [0.4, 0.5) is 11.4 Å². The number of nitrogens with zero attached hydrogens (tertiary/aromatic N) is 1. The smallest absolute Gasteiger partial charge is 0.0793 e. The highest BCUT2D eigenvalue weighted by Gasteiger charge is 2.21. The second kappa shape index (κ2) is 5.34. The summed E-state index contributed by atoms with van der Waals surface area (Å²) in [6.07, 6.45) is 1.09. The van der Waals surface area contributed by atoms with Crippen molar-refractivity contribution in [3.63, 3.8) is 0 Å². The molecular weight excluding hydrogens is 257 g/mol. The summed E-state index contributed by atoms with van der Waals surface area (Å²) in [7, 11) is 0. The summed E-state index contributed by atoms with van der Waals surface area (Å²) in [5.41, 5.74) is 7.59. The van der Waals surface area contributed by atoms with Gasteiger partial charge in [-0.3, -0.25) is 0 Å². The number of hydrogen-bond acceptors (Lipinski definition) is 3. The van der Waals surface area contributed by atoms with Crippen LogP contribution in [0.25, 0.3) is 0 Å². The van der Waals surface area contributed by atoms with Crippen LogP contribution in [-0.2, 0) is 0 Å². The molecule has 5 heteroatoms. The summed E-state index contributed by atoms with van der Waals surface area (Å²) in [5, 5.41) is 4.60. The van der Waals surface area contributed by atoms with Crippen LogP contribution in [0.3, 0.4) is 0 Å². The van der Waals surface area contributed by atoms with Gasteiger partial charge in [-0.15, -0.1) is 0 Å². The first kappa shape index (κ1) is 12.8. The van der Waals surface area contributed by atoms with E-state index >= 15 is 0 Å². The van der Waals surface area contributed by atoms with Gasteiger partial charge in [-0.2, -0.15) is 0 Å². The first-order valence-electron chi connectivity index (χ1n) is 5.81. The molecule has 0 radical (unpaired) electrons. The fourth-order valence-corrected chi connectivity index (χ4v) is 2.85. The van der Waals surface area contributed by atoms with Crippen molar-refractivity contribution in [2.75, 3.05) is 30.3 Å². The summed E-state index contributed by atoms with van der Waals surface area (Å²) in [4.78, 5) is 2.26. The average Bonchev–Trinajstić information content (AvgIpc) is 2.43. The number of nitrogens with two attached hydrogens (primary N) is 1. The fraction of sp³-hybridized carbons (Fsp3) is 0.500. The Morgan fingerprint density at radius 1 is 1.41 bits per heavy atom. The lowest BCUT2D eigenvalue weighted by Gasteiger charge is -2.31. The highest BCUT2D eigenvalue weighted by molar-refractivity contribution is 6.37. The van der Waals surface area contributed by atoms with Crippen molar-refractivity contribution in [3.8, 4) is 0 Å². The maximum absolute atomic E-state index is 6.26. The molecule has 94 valence electrons. The Kier molecular flexibility index (Phi) is 4.02. The zero-order valence-corrected chi connectivity index (χ0v) is 11.4. The number of anilines is 2. The Hall–Kier alpha value is -0.640. The van der Waals surface area contributed by atoms with Crippen LogP contribution in [-0.4, -0.2) is 25.7 Å². The van der Waals surface area contributed by atoms with Crippen molar-refractivity contribution in [2.45, 2.75) is 19.4 Å². The molecule has 0 spiro atoms. The third kappa shape index (κ3) is 2.79. The van der Waals surface area contributed by atoms with Crippen molar-refractivity contribution in [3.05, 3.63) is 22.2 Å². The fourth-order valence-electron chi connectivity index (χ4n) is 2.24. The van der Waals surface area contributed by atoms with E-state index < -0.39 is 0 Å². The second-order valence-electron chi connectivity index (χ2n) is 4.43. The minimum atomic E-state index is 0.374. The molecule has 3 N–H and O–H groups in total. The van der Waals surface area contributed by atoms with Crippen molar-refractivity contribution >= 4 is 34.6 Å². The van der Waals surface area contributed by atoms with Crippen LogP contribution in [0.15, 0.2) is 12.1 Å². The number of nitrogens with one attached hydrogen (secondary N) is 1. The molecule has 1 unspecified atom stereocenters.